The molecule has 2 unspecified atom stereocenters. The minimum Gasteiger partial charge on any atom is -0.357 e. The zero-order chi connectivity index (χ0) is 17.5. The van der Waals surface area contributed by atoms with Gasteiger partial charge in [0.2, 0.25) is 5.91 Å². The van der Waals surface area contributed by atoms with Gasteiger partial charge in [-0.1, -0.05) is 25.7 Å². The SMILES string of the molecule is CCNC(=NCCNC(=O)CC1CCCC1)N1CC2CCCCC2C1. The van der Waals surface area contributed by atoms with Crippen molar-refractivity contribution < 1.29 is 4.79 Å². The predicted molar refractivity (Wildman–Crippen MR) is 103 cm³/mol. The van der Waals surface area contributed by atoms with Crippen LogP contribution in [-0.2, 0) is 4.79 Å². The van der Waals surface area contributed by atoms with Gasteiger partial charge in [0.05, 0.1) is 6.54 Å². The van der Waals surface area contributed by atoms with Crippen molar-refractivity contribution in [2.75, 3.05) is 32.7 Å². The summed E-state index contributed by atoms with van der Waals surface area (Å²) in [5, 5.41) is 6.50. The summed E-state index contributed by atoms with van der Waals surface area (Å²) < 4.78 is 0. The average molecular weight is 349 g/mol. The molecule has 1 aliphatic heterocycles. The normalized spacial score (nSPS) is 27.4. The summed E-state index contributed by atoms with van der Waals surface area (Å²) in [7, 11) is 0. The van der Waals surface area contributed by atoms with E-state index in [4.69, 9.17) is 4.99 Å². The molecule has 1 amide bonds. The second-order valence-corrected chi connectivity index (χ2v) is 8.15. The molecular weight excluding hydrogens is 312 g/mol. The van der Waals surface area contributed by atoms with E-state index in [2.05, 4.69) is 22.5 Å². The van der Waals surface area contributed by atoms with Crippen molar-refractivity contribution in [2.45, 2.75) is 64.7 Å². The molecule has 5 nitrogen and oxygen atoms in total. The molecule has 2 saturated carbocycles. The Bertz CT molecular complexity index is 445. The number of carbonyl (C=O) groups excluding carboxylic acids is 1. The van der Waals surface area contributed by atoms with Gasteiger partial charge in [0.1, 0.15) is 0 Å². The number of likely N-dealkylation sites (tertiary alicyclic amines) is 1. The van der Waals surface area contributed by atoms with Crippen molar-refractivity contribution in [3.63, 3.8) is 0 Å². The van der Waals surface area contributed by atoms with Crippen LogP contribution in [0.25, 0.3) is 0 Å². The molecule has 0 aromatic rings. The maximum atomic E-state index is 12.0. The van der Waals surface area contributed by atoms with Crippen LogP contribution < -0.4 is 10.6 Å². The Morgan fingerprint density at radius 1 is 1.00 bits per heavy atom. The van der Waals surface area contributed by atoms with Gasteiger partial charge in [0.25, 0.3) is 0 Å². The summed E-state index contributed by atoms with van der Waals surface area (Å²) in [6.45, 7) is 6.67. The van der Waals surface area contributed by atoms with Gasteiger partial charge in [-0.3, -0.25) is 9.79 Å². The molecule has 3 aliphatic rings. The third kappa shape index (κ3) is 5.35. The fourth-order valence-corrected chi connectivity index (χ4v) is 4.91. The van der Waals surface area contributed by atoms with Crippen molar-refractivity contribution in [3.8, 4) is 0 Å². The zero-order valence-electron chi connectivity index (χ0n) is 15.9. The summed E-state index contributed by atoms with van der Waals surface area (Å²) in [6.07, 6.45) is 11.3. The maximum Gasteiger partial charge on any atom is 0.220 e. The first-order valence-corrected chi connectivity index (χ1v) is 10.6. The molecule has 142 valence electrons. The summed E-state index contributed by atoms with van der Waals surface area (Å²) in [5.74, 6) is 3.60. The second-order valence-electron chi connectivity index (χ2n) is 8.15. The number of rotatable bonds is 6. The molecule has 5 heteroatoms. The largest absolute Gasteiger partial charge is 0.357 e. The fourth-order valence-electron chi connectivity index (χ4n) is 4.91. The highest BCUT2D eigenvalue weighted by Gasteiger charge is 2.35. The van der Waals surface area contributed by atoms with Gasteiger partial charge >= 0.3 is 0 Å². The summed E-state index contributed by atoms with van der Waals surface area (Å²) in [4.78, 5) is 19.2. The molecule has 0 bridgehead atoms. The topological polar surface area (TPSA) is 56.7 Å². The van der Waals surface area contributed by atoms with Crippen molar-refractivity contribution in [3.05, 3.63) is 0 Å². The van der Waals surface area contributed by atoms with Crippen molar-refractivity contribution in [2.24, 2.45) is 22.7 Å². The Hall–Kier alpha value is -1.26. The lowest BCUT2D eigenvalue weighted by molar-refractivity contribution is -0.121. The first-order valence-electron chi connectivity index (χ1n) is 10.6. The molecule has 0 spiro atoms. The van der Waals surface area contributed by atoms with Gasteiger partial charge in [-0.2, -0.15) is 0 Å². The molecule has 0 aromatic heterocycles. The number of aliphatic imine (C=N–C) groups is 1. The molecule has 25 heavy (non-hydrogen) atoms. The number of nitrogens with one attached hydrogen (secondary N) is 2. The van der Waals surface area contributed by atoms with E-state index in [1.165, 1.54) is 51.4 Å². The van der Waals surface area contributed by atoms with Crippen LogP contribution in [0.4, 0.5) is 0 Å². The first kappa shape index (κ1) is 18.5. The van der Waals surface area contributed by atoms with E-state index in [0.717, 1.165) is 37.4 Å². The van der Waals surface area contributed by atoms with Crippen LogP contribution in [-0.4, -0.2) is 49.5 Å². The molecule has 2 atom stereocenters. The van der Waals surface area contributed by atoms with Crippen LogP contribution in [0.2, 0.25) is 0 Å². The fraction of sp³-hybridized carbons (Fsp3) is 0.900. The third-order valence-electron chi connectivity index (χ3n) is 6.26. The lowest BCUT2D eigenvalue weighted by atomic mass is 9.82. The monoisotopic (exact) mass is 348 g/mol. The van der Waals surface area contributed by atoms with E-state index < -0.39 is 0 Å². The van der Waals surface area contributed by atoms with Gasteiger partial charge in [0.15, 0.2) is 5.96 Å². The van der Waals surface area contributed by atoms with Crippen LogP contribution in [0.5, 0.6) is 0 Å². The smallest absolute Gasteiger partial charge is 0.220 e. The summed E-state index contributed by atoms with van der Waals surface area (Å²) in [5.41, 5.74) is 0. The average Bonchev–Trinajstić information content (AvgIpc) is 3.26. The van der Waals surface area contributed by atoms with Gasteiger partial charge in [0, 0.05) is 32.6 Å². The van der Waals surface area contributed by atoms with E-state index in [1.807, 2.05) is 0 Å². The minimum absolute atomic E-state index is 0.208. The van der Waals surface area contributed by atoms with E-state index >= 15 is 0 Å². The molecule has 2 aliphatic carbocycles. The third-order valence-corrected chi connectivity index (χ3v) is 6.26. The van der Waals surface area contributed by atoms with E-state index in [0.29, 0.717) is 25.4 Å². The zero-order valence-corrected chi connectivity index (χ0v) is 15.9. The van der Waals surface area contributed by atoms with Gasteiger partial charge in [-0.25, -0.2) is 0 Å². The molecular formula is C20H36N4O. The van der Waals surface area contributed by atoms with Gasteiger partial charge in [-0.05, 0) is 50.4 Å². The highest BCUT2D eigenvalue weighted by Crippen LogP contribution is 2.35. The minimum atomic E-state index is 0.208. The molecule has 2 N–H and O–H groups in total. The van der Waals surface area contributed by atoms with Gasteiger partial charge in [-0.15, -0.1) is 0 Å². The predicted octanol–water partition coefficient (Wildman–Crippen LogP) is 2.77. The number of fused-ring (bicyclic) bond motifs is 1. The van der Waals surface area contributed by atoms with Crippen LogP contribution in [0.3, 0.4) is 0 Å². The van der Waals surface area contributed by atoms with E-state index in [9.17, 15) is 4.79 Å². The lowest BCUT2D eigenvalue weighted by Gasteiger charge is -2.22. The quantitative estimate of drug-likeness (QED) is 0.441. The number of hydrogen-bond acceptors (Lipinski definition) is 2. The summed E-state index contributed by atoms with van der Waals surface area (Å²) in [6, 6.07) is 0. The molecule has 1 heterocycles. The van der Waals surface area contributed by atoms with Crippen LogP contribution in [0.15, 0.2) is 4.99 Å². The molecule has 3 fully saturated rings. The molecule has 1 saturated heterocycles. The number of nitrogens with zero attached hydrogens (tertiary/aromatic N) is 2. The first-order chi connectivity index (χ1) is 12.3. The van der Waals surface area contributed by atoms with Crippen LogP contribution in [0, 0.1) is 17.8 Å². The number of amides is 1. The van der Waals surface area contributed by atoms with E-state index in [-0.39, 0.29) is 5.91 Å². The Morgan fingerprint density at radius 2 is 1.64 bits per heavy atom. The van der Waals surface area contributed by atoms with Crippen molar-refractivity contribution in [1.82, 2.24) is 15.5 Å². The Morgan fingerprint density at radius 3 is 2.28 bits per heavy atom. The van der Waals surface area contributed by atoms with Crippen LogP contribution >= 0.6 is 0 Å². The lowest BCUT2D eigenvalue weighted by Crippen LogP contribution is -2.41. The number of carbonyl (C=O) groups is 1. The Labute approximate surface area is 153 Å². The molecule has 0 radical (unpaired) electrons. The second kappa shape index (κ2) is 9.44. The van der Waals surface area contributed by atoms with E-state index in [1.54, 1.807) is 0 Å². The number of hydrogen-bond donors (Lipinski definition) is 2. The highest BCUT2D eigenvalue weighted by molar-refractivity contribution is 5.80. The van der Waals surface area contributed by atoms with Crippen molar-refractivity contribution >= 4 is 11.9 Å². The Kier molecular flexibility index (Phi) is 7.00. The van der Waals surface area contributed by atoms with Crippen molar-refractivity contribution in [1.29, 1.82) is 0 Å². The highest BCUT2D eigenvalue weighted by atomic mass is 16.1. The molecule has 3 rings (SSSR count). The number of guanidine groups is 1. The van der Waals surface area contributed by atoms with Crippen LogP contribution in [0.1, 0.15) is 64.7 Å². The maximum absolute atomic E-state index is 12.0. The standard InChI is InChI=1S/C20H36N4O/c1-2-21-20(24-14-17-9-5-6-10-18(17)15-24)23-12-11-22-19(25)13-16-7-3-4-8-16/h16-18H,2-15H2,1H3,(H,21,23)(H,22,25). The molecule has 0 aromatic carbocycles. The Balaban J connectivity index is 1.41. The van der Waals surface area contributed by atoms with Gasteiger partial charge < -0.3 is 15.5 Å². The summed E-state index contributed by atoms with van der Waals surface area (Å²) >= 11 is 0.